The maximum atomic E-state index is 12.5. The lowest BCUT2D eigenvalue weighted by Crippen LogP contribution is -2.41. The molecule has 20 heavy (non-hydrogen) atoms. The van der Waals surface area contributed by atoms with Crippen molar-refractivity contribution >= 4 is 17.5 Å². The first kappa shape index (κ1) is 15.3. The summed E-state index contributed by atoms with van der Waals surface area (Å²) in [6.07, 6.45) is 3.72. The van der Waals surface area contributed by atoms with E-state index in [0.717, 1.165) is 37.9 Å². The third-order valence-corrected chi connectivity index (χ3v) is 3.86. The molecule has 1 aliphatic rings. The fraction of sp³-hybridized carbons (Fsp3) is 0.600. The monoisotopic (exact) mass is 296 g/mol. The van der Waals surface area contributed by atoms with Crippen molar-refractivity contribution in [3.8, 4) is 0 Å². The number of amides is 1. The minimum atomic E-state index is -0.00944. The fourth-order valence-corrected chi connectivity index (χ4v) is 2.87. The van der Waals surface area contributed by atoms with Crippen molar-refractivity contribution in [2.75, 3.05) is 19.7 Å². The molecule has 0 saturated carbocycles. The predicted octanol–water partition coefficient (Wildman–Crippen LogP) is 2.53. The molecule has 2 heterocycles. The van der Waals surface area contributed by atoms with E-state index in [1.807, 2.05) is 11.0 Å². The fourth-order valence-electron chi connectivity index (χ4n) is 2.64. The lowest BCUT2D eigenvalue weighted by Gasteiger charge is -2.32. The van der Waals surface area contributed by atoms with Gasteiger partial charge in [0.1, 0.15) is 5.15 Å². The molecular weight excluding hydrogens is 276 g/mol. The smallest absolute Gasteiger partial charge is 0.254 e. The van der Waals surface area contributed by atoms with Gasteiger partial charge in [-0.1, -0.05) is 24.9 Å². The van der Waals surface area contributed by atoms with Crippen molar-refractivity contribution in [2.45, 2.75) is 32.6 Å². The zero-order chi connectivity index (χ0) is 14.5. The lowest BCUT2D eigenvalue weighted by molar-refractivity contribution is 0.0620. The Balaban J connectivity index is 2.15. The van der Waals surface area contributed by atoms with Crippen LogP contribution in [-0.2, 0) is 6.42 Å². The van der Waals surface area contributed by atoms with E-state index in [4.69, 9.17) is 11.6 Å². The number of carbonyl (C=O) groups excluding carboxylic acids is 1. The van der Waals surface area contributed by atoms with Gasteiger partial charge < -0.3 is 10.0 Å². The number of piperidine rings is 1. The van der Waals surface area contributed by atoms with Crippen LogP contribution < -0.4 is 0 Å². The summed E-state index contributed by atoms with van der Waals surface area (Å²) in [6, 6.07) is 3.46. The third-order valence-electron chi connectivity index (χ3n) is 3.66. The Kier molecular flexibility index (Phi) is 5.38. The van der Waals surface area contributed by atoms with E-state index in [9.17, 15) is 9.90 Å². The van der Waals surface area contributed by atoms with Gasteiger partial charge in [0.05, 0.1) is 0 Å². The molecule has 0 aliphatic carbocycles. The van der Waals surface area contributed by atoms with Crippen LogP contribution in [0.15, 0.2) is 12.1 Å². The first-order valence-corrected chi connectivity index (χ1v) is 7.58. The van der Waals surface area contributed by atoms with Crippen molar-refractivity contribution in [3.05, 3.63) is 28.5 Å². The third kappa shape index (κ3) is 3.70. The minimum Gasteiger partial charge on any atom is -0.396 e. The Morgan fingerprint density at radius 3 is 3.05 bits per heavy atom. The molecule has 4 nitrogen and oxygen atoms in total. The number of nitrogens with zero attached hydrogens (tertiary/aromatic N) is 2. The Labute approximate surface area is 124 Å². The normalized spacial score (nSPS) is 19.1. The van der Waals surface area contributed by atoms with Crippen LogP contribution in [0.3, 0.4) is 0 Å². The zero-order valence-electron chi connectivity index (χ0n) is 11.8. The minimum absolute atomic E-state index is 0.00944. The first-order valence-electron chi connectivity index (χ1n) is 7.20. The molecule has 1 fully saturated rings. The van der Waals surface area contributed by atoms with Crippen LogP contribution in [0.1, 0.15) is 42.2 Å². The summed E-state index contributed by atoms with van der Waals surface area (Å²) in [5, 5.41) is 9.62. The highest BCUT2D eigenvalue weighted by Crippen LogP contribution is 2.20. The van der Waals surface area contributed by atoms with Gasteiger partial charge in [0.25, 0.3) is 5.91 Å². The topological polar surface area (TPSA) is 53.4 Å². The average Bonchev–Trinajstić information content (AvgIpc) is 2.46. The molecule has 1 aromatic heterocycles. The van der Waals surface area contributed by atoms with E-state index in [0.29, 0.717) is 17.3 Å². The van der Waals surface area contributed by atoms with Crippen molar-refractivity contribution in [3.63, 3.8) is 0 Å². The van der Waals surface area contributed by atoms with E-state index in [1.54, 1.807) is 6.07 Å². The predicted molar refractivity (Wildman–Crippen MR) is 79.0 cm³/mol. The second-order valence-electron chi connectivity index (χ2n) is 5.36. The lowest BCUT2D eigenvalue weighted by atomic mass is 9.98. The van der Waals surface area contributed by atoms with Gasteiger partial charge in [0.15, 0.2) is 0 Å². The largest absolute Gasteiger partial charge is 0.396 e. The van der Waals surface area contributed by atoms with Gasteiger partial charge in [-0.2, -0.15) is 0 Å². The standard InChI is InChI=1S/C15H21ClN2O2/c1-2-4-13-7-12(8-14(16)17-13)15(20)18-6-3-5-11(9-18)10-19/h7-8,11,19H,2-6,9-10H2,1H3. The number of aliphatic hydroxyl groups is 1. The van der Waals surface area contributed by atoms with Crippen molar-refractivity contribution in [1.29, 1.82) is 0 Å². The van der Waals surface area contributed by atoms with Crippen LogP contribution in [0.2, 0.25) is 5.15 Å². The van der Waals surface area contributed by atoms with Gasteiger partial charge in [0.2, 0.25) is 0 Å². The molecule has 1 amide bonds. The summed E-state index contributed by atoms with van der Waals surface area (Å²) < 4.78 is 0. The summed E-state index contributed by atoms with van der Waals surface area (Å²) in [4.78, 5) is 18.6. The number of aromatic nitrogens is 1. The molecule has 1 atom stereocenters. The number of halogens is 1. The highest BCUT2D eigenvalue weighted by Gasteiger charge is 2.24. The number of likely N-dealkylation sites (tertiary alicyclic amines) is 1. The molecule has 5 heteroatoms. The Morgan fingerprint density at radius 1 is 1.55 bits per heavy atom. The number of aryl methyl sites for hydroxylation is 1. The van der Waals surface area contributed by atoms with Crippen LogP contribution in [-0.4, -0.2) is 40.6 Å². The quantitative estimate of drug-likeness (QED) is 0.869. The number of carbonyl (C=O) groups is 1. The highest BCUT2D eigenvalue weighted by atomic mass is 35.5. The maximum Gasteiger partial charge on any atom is 0.254 e. The van der Waals surface area contributed by atoms with Crippen LogP contribution in [0, 0.1) is 5.92 Å². The highest BCUT2D eigenvalue weighted by molar-refractivity contribution is 6.29. The van der Waals surface area contributed by atoms with Crippen LogP contribution in [0.4, 0.5) is 0 Å². The number of aliphatic hydroxyl groups excluding tert-OH is 1. The van der Waals surface area contributed by atoms with Crippen molar-refractivity contribution in [1.82, 2.24) is 9.88 Å². The molecule has 1 saturated heterocycles. The summed E-state index contributed by atoms with van der Waals surface area (Å²) in [6.45, 7) is 3.58. The SMILES string of the molecule is CCCc1cc(C(=O)N2CCCC(CO)C2)cc(Cl)n1. The molecule has 1 aliphatic heterocycles. The number of hydrogen-bond donors (Lipinski definition) is 1. The van der Waals surface area contributed by atoms with E-state index in [1.165, 1.54) is 0 Å². The van der Waals surface area contributed by atoms with Crippen LogP contribution >= 0.6 is 11.6 Å². The zero-order valence-corrected chi connectivity index (χ0v) is 12.6. The van der Waals surface area contributed by atoms with Crippen molar-refractivity contribution in [2.24, 2.45) is 5.92 Å². The second-order valence-corrected chi connectivity index (χ2v) is 5.75. The van der Waals surface area contributed by atoms with E-state index < -0.39 is 0 Å². The van der Waals surface area contributed by atoms with Gasteiger partial charge in [-0.25, -0.2) is 4.98 Å². The molecule has 1 unspecified atom stereocenters. The molecular formula is C15H21ClN2O2. The number of hydrogen-bond acceptors (Lipinski definition) is 3. The Morgan fingerprint density at radius 2 is 2.35 bits per heavy atom. The summed E-state index contributed by atoms with van der Waals surface area (Å²) in [7, 11) is 0. The van der Waals surface area contributed by atoms with E-state index >= 15 is 0 Å². The molecule has 0 radical (unpaired) electrons. The first-order chi connectivity index (χ1) is 9.63. The van der Waals surface area contributed by atoms with Gasteiger partial charge in [-0.05, 0) is 37.3 Å². The molecule has 0 bridgehead atoms. The maximum absolute atomic E-state index is 12.5. The van der Waals surface area contributed by atoms with Gasteiger partial charge in [0, 0.05) is 31.0 Å². The van der Waals surface area contributed by atoms with E-state index in [-0.39, 0.29) is 18.4 Å². The molecule has 1 N–H and O–H groups in total. The summed E-state index contributed by atoms with van der Waals surface area (Å²) in [5.74, 6) is 0.185. The second kappa shape index (κ2) is 7.04. The molecule has 1 aromatic rings. The molecule has 0 spiro atoms. The van der Waals surface area contributed by atoms with Crippen LogP contribution in [0.25, 0.3) is 0 Å². The van der Waals surface area contributed by atoms with Gasteiger partial charge >= 0.3 is 0 Å². The van der Waals surface area contributed by atoms with Gasteiger partial charge in [-0.15, -0.1) is 0 Å². The Hall–Kier alpha value is -1.13. The average molecular weight is 297 g/mol. The molecule has 110 valence electrons. The van der Waals surface area contributed by atoms with E-state index in [2.05, 4.69) is 11.9 Å². The van der Waals surface area contributed by atoms with Crippen LogP contribution in [0.5, 0.6) is 0 Å². The number of rotatable bonds is 4. The van der Waals surface area contributed by atoms with Gasteiger partial charge in [-0.3, -0.25) is 4.79 Å². The van der Waals surface area contributed by atoms with Crippen molar-refractivity contribution < 1.29 is 9.90 Å². The number of pyridine rings is 1. The molecule has 2 rings (SSSR count). The summed E-state index contributed by atoms with van der Waals surface area (Å²) >= 11 is 6.00. The summed E-state index contributed by atoms with van der Waals surface area (Å²) in [5.41, 5.74) is 1.46. The molecule has 0 aromatic carbocycles. The Bertz CT molecular complexity index is 479.